The zero-order valence-electron chi connectivity index (χ0n) is 15.6. The Morgan fingerprint density at radius 1 is 0.966 bits per heavy atom. The van der Waals surface area contributed by atoms with E-state index < -0.39 is 9.84 Å². The first-order chi connectivity index (χ1) is 14.0. The van der Waals surface area contributed by atoms with E-state index in [-0.39, 0.29) is 4.90 Å². The van der Waals surface area contributed by atoms with Crippen LogP contribution in [0.25, 0.3) is 22.2 Å². The minimum Gasteiger partial charge on any atom is -0.411 e. The highest BCUT2D eigenvalue weighted by molar-refractivity contribution is 7.99. The molecule has 0 saturated carbocycles. The molecule has 0 aliphatic carbocycles. The molecule has 29 heavy (non-hydrogen) atoms. The van der Waals surface area contributed by atoms with Gasteiger partial charge in [-0.05, 0) is 42.0 Å². The lowest BCUT2D eigenvalue weighted by Crippen LogP contribution is -1.96. The van der Waals surface area contributed by atoms with E-state index in [0.717, 1.165) is 21.9 Å². The monoisotopic (exact) mass is 422 g/mol. The van der Waals surface area contributed by atoms with E-state index in [1.54, 1.807) is 30.3 Å². The highest BCUT2D eigenvalue weighted by Gasteiger charge is 2.11. The maximum absolute atomic E-state index is 12.3. The standard InChI is InChI=1S/C22H18N2O3S2/c1-16-7-11-20(12-8-16)29(25,26)14-4-13-28-22-24-23-21(27-22)19-10-9-17-5-2-3-6-18(17)15-19/h2-12,14-15H,13H2,1H3. The SMILES string of the molecule is Cc1ccc(S(=O)(=O)C=CCSc2nnc(-c3ccc4ccccc4c3)o2)cc1. The summed E-state index contributed by atoms with van der Waals surface area (Å²) in [6.45, 7) is 1.92. The van der Waals surface area contributed by atoms with Gasteiger partial charge in [-0.15, -0.1) is 10.2 Å². The Kier molecular flexibility index (Phi) is 5.51. The number of thioether (sulfide) groups is 1. The molecule has 0 radical (unpaired) electrons. The zero-order chi connectivity index (χ0) is 20.3. The third kappa shape index (κ3) is 4.58. The number of fused-ring (bicyclic) bond motifs is 1. The highest BCUT2D eigenvalue weighted by atomic mass is 32.2. The summed E-state index contributed by atoms with van der Waals surface area (Å²) in [5.74, 6) is 0.847. The van der Waals surface area contributed by atoms with Gasteiger partial charge in [0.25, 0.3) is 5.22 Å². The number of benzene rings is 3. The molecule has 5 nitrogen and oxygen atoms in total. The lowest BCUT2D eigenvalue weighted by Gasteiger charge is -1.99. The van der Waals surface area contributed by atoms with Gasteiger partial charge in [-0.2, -0.15) is 0 Å². The molecule has 1 aromatic heterocycles. The minimum atomic E-state index is -3.45. The average molecular weight is 423 g/mol. The van der Waals surface area contributed by atoms with Crippen LogP contribution in [0.3, 0.4) is 0 Å². The Labute approximate surface area is 173 Å². The Bertz CT molecular complexity index is 1280. The molecule has 0 aliphatic heterocycles. The van der Waals surface area contributed by atoms with Crippen molar-refractivity contribution in [1.29, 1.82) is 0 Å². The smallest absolute Gasteiger partial charge is 0.277 e. The number of aryl methyl sites for hydroxylation is 1. The second-order valence-corrected chi connectivity index (χ2v) is 9.28. The summed E-state index contributed by atoms with van der Waals surface area (Å²) < 4.78 is 30.3. The molecular weight excluding hydrogens is 404 g/mol. The molecule has 0 aliphatic rings. The van der Waals surface area contributed by atoms with Gasteiger partial charge in [0.05, 0.1) is 4.90 Å². The van der Waals surface area contributed by atoms with Crippen molar-refractivity contribution in [2.45, 2.75) is 17.0 Å². The molecular formula is C22H18N2O3S2. The van der Waals surface area contributed by atoms with Crippen molar-refractivity contribution in [3.8, 4) is 11.5 Å². The first-order valence-corrected chi connectivity index (χ1v) is 11.5. The molecule has 3 aromatic carbocycles. The van der Waals surface area contributed by atoms with Crippen LogP contribution in [0.5, 0.6) is 0 Å². The molecule has 4 aromatic rings. The fourth-order valence-corrected chi connectivity index (χ4v) is 4.51. The quantitative estimate of drug-likeness (QED) is 0.394. The number of nitrogens with zero attached hydrogens (tertiary/aromatic N) is 2. The van der Waals surface area contributed by atoms with Crippen LogP contribution in [0.15, 0.2) is 92.7 Å². The van der Waals surface area contributed by atoms with Gasteiger partial charge in [-0.3, -0.25) is 0 Å². The van der Waals surface area contributed by atoms with Gasteiger partial charge in [-0.1, -0.05) is 65.9 Å². The summed E-state index contributed by atoms with van der Waals surface area (Å²) >= 11 is 1.29. The largest absolute Gasteiger partial charge is 0.411 e. The molecule has 0 saturated heterocycles. The van der Waals surface area contributed by atoms with E-state index in [1.165, 1.54) is 17.2 Å². The average Bonchev–Trinajstić information content (AvgIpc) is 3.20. The van der Waals surface area contributed by atoms with Gasteiger partial charge >= 0.3 is 0 Å². The minimum absolute atomic E-state index is 0.278. The Morgan fingerprint density at radius 3 is 2.52 bits per heavy atom. The van der Waals surface area contributed by atoms with Crippen LogP contribution in [0.4, 0.5) is 0 Å². The molecule has 0 bridgehead atoms. The van der Waals surface area contributed by atoms with E-state index in [0.29, 0.717) is 16.9 Å². The lowest BCUT2D eigenvalue weighted by atomic mass is 10.1. The van der Waals surface area contributed by atoms with Gasteiger partial charge in [0.2, 0.25) is 5.89 Å². The zero-order valence-corrected chi connectivity index (χ0v) is 17.3. The molecule has 1 heterocycles. The van der Waals surface area contributed by atoms with Gasteiger partial charge in [-0.25, -0.2) is 8.42 Å². The highest BCUT2D eigenvalue weighted by Crippen LogP contribution is 2.26. The molecule has 4 rings (SSSR count). The van der Waals surface area contributed by atoms with Crippen molar-refractivity contribution in [1.82, 2.24) is 10.2 Å². The first kappa shape index (κ1) is 19.4. The predicted molar refractivity (Wildman–Crippen MR) is 115 cm³/mol. The van der Waals surface area contributed by atoms with E-state index in [2.05, 4.69) is 10.2 Å². The lowest BCUT2D eigenvalue weighted by molar-refractivity contribution is 0.466. The maximum Gasteiger partial charge on any atom is 0.277 e. The molecule has 0 amide bonds. The van der Waals surface area contributed by atoms with Crippen LogP contribution in [-0.2, 0) is 9.84 Å². The summed E-state index contributed by atoms with van der Waals surface area (Å²) in [6.07, 6.45) is 1.58. The molecule has 7 heteroatoms. The van der Waals surface area contributed by atoms with Crippen molar-refractivity contribution in [3.05, 3.63) is 83.8 Å². The Hall–Kier alpha value is -2.90. The van der Waals surface area contributed by atoms with Crippen LogP contribution < -0.4 is 0 Å². The predicted octanol–water partition coefficient (Wildman–Crippen LogP) is 5.28. The van der Waals surface area contributed by atoms with Gasteiger partial charge in [0.1, 0.15) is 0 Å². The fourth-order valence-electron chi connectivity index (χ4n) is 2.80. The summed E-state index contributed by atoms with van der Waals surface area (Å²) in [5.41, 5.74) is 1.86. The summed E-state index contributed by atoms with van der Waals surface area (Å²) in [5, 5.41) is 12.0. The summed E-state index contributed by atoms with van der Waals surface area (Å²) in [6, 6.07) is 20.8. The van der Waals surface area contributed by atoms with Crippen molar-refractivity contribution in [2.75, 3.05) is 5.75 Å². The Morgan fingerprint density at radius 2 is 1.72 bits per heavy atom. The topological polar surface area (TPSA) is 73.1 Å². The number of aromatic nitrogens is 2. The van der Waals surface area contributed by atoms with E-state index in [9.17, 15) is 8.42 Å². The Balaban J connectivity index is 1.41. The van der Waals surface area contributed by atoms with Gasteiger partial charge in [0, 0.05) is 16.7 Å². The third-order valence-corrected chi connectivity index (χ3v) is 6.58. The van der Waals surface area contributed by atoms with Crippen LogP contribution in [-0.4, -0.2) is 24.4 Å². The number of sulfone groups is 1. The first-order valence-electron chi connectivity index (χ1n) is 8.95. The fraction of sp³-hybridized carbons (Fsp3) is 0.0909. The molecule has 0 spiro atoms. The second-order valence-electron chi connectivity index (χ2n) is 6.48. The van der Waals surface area contributed by atoms with Crippen molar-refractivity contribution in [3.63, 3.8) is 0 Å². The second kappa shape index (κ2) is 8.23. The van der Waals surface area contributed by atoms with Crippen LogP contribution >= 0.6 is 11.8 Å². The van der Waals surface area contributed by atoms with Crippen molar-refractivity contribution < 1.29 is 12.8 Å². The van der Waals surface area contributed by atoms with Gasteiger partial charge in [0.15, 0.2) is 9.84 Å². The van der Waals surface area contributed by atoms with E-state index in [1.807, 2.05) is 49.4 Å². The number of hydrogen-bond acceptors (Lipinski definition) is 6. The summed E-state index contributed by atoms with van der Waals surface area (Å²) in [7, 11) is -3.45. The normalized spacial score (nSPS) is 12.0. The van der Waals surface area contributed by atoms with E-state index in [4.69, 9.17) is 4.42 Å². The molecule has 0 N–H and O–H groups in total. The van der Waals surface area contributed by atoms with Crippen LogP contribution in [0.2, 0.25) is 0 Å². The summed E-state index contributed by atoms with van der Waals surface area (Å²) in [4.78, 5) is 0.278. The third-order valence-electron chi connectivity index (χ3n) is 4.33. The molecule has 0 fully saturated rings. The van der Waals surface area contributed by atoms with Gasteiger partial charge < -0.3 is 4.42 Å². The number of hydrogen-bond donors (Lipinski definition) is 0. The van der Waals surface area contributed by atoms with Crippen LogP contribution in [0.1, 0.15) is 5.56 Å². The maximum atomic E-state index is 12.3. The van der Waals surface area contributed by atoms with Crippen LogP contribution in [0, 0.1) is 6.92 Å². The van der Waals surface area contributed by atoms with Crippen molar-refractivity contribution in [2.24, 2.45) is 0 Å². The van der Waals surface area contributed by atoms with Crippen molar-refractivity contribution >= 4 is 32.4 Å². The van der Waals surface area contributed by atoms with E-state index >= 15 is 0 Å². The molecule has 146 valence electrons. The molecule has 0 atom stereocenters. The molecule has 0 unspecified atom stereocenters. The number of rotatable bonds is 6.